The van der Waals surface area contributed by atoms with Gasteiger partial charge in [0.2, 0.25) is 0 Å². The molecule has 0 bridgehead atoms. The molecule has 1 N–H and O–H groups in total. The van der Waals surface area contributed by atoms with Gasteiger partial charge in [0.15, 0.2) is 11.6 Å². The van der Waals surface area contributed by atoms with Crippen molar-refractivity contribution in [3.63, 3.8) is 0 Å². The molecule has 0 aromatic heterocycles. The highest BCUT2D eigenvalue weighted by molar-refractivity contribution is 5.29. The second kappa shape index (κ2) is 6.19. The zero-order valence-electron chi connectivity index (χ0n) is 11.2. The van der Waals surface area contributed by atoms with E-state index < -0.39 is 0 Å². The van der Waals surface area contributed by atoms with Gasteiger partial charge in [-0.3, -0.25) is 0 Å². The Morgan fingerprint density at radius 2 is 2.22 bits per heavy atom. The third-order valence-corrected chi connectivity index (χ3v) is 3.50. The fourth-order valence-electron chi connectivity index (χ4n) is 2.61. The molecule has 1 aromatic carbocycles. The van der Waals surface area contributed by atoms with Crippen molar-refractivity contribution in [3.05, 3.63) is 29.6 Å². The summed E-state index contributed by atoms with van der Waals surface area (Å²) in [4.78, 5) is 0. The summed E-state index contributed by atoms with van der Waals surface area (Å²) in [6, 6.07) is 5.55. The number of ether oxygens (including phenoxy) is 1. The van der Waals surface area contributed by atoms with E-state index in [-0.39, 0.29) is 11.9 Å². The first kappa shape index (κ1) is 13.3. The number of rotatable bonds is 4. The first-order valence-corrected chi connectivity index (χ1v) is 6.85. The minimum Gasteiger partial charge on any atom is -0.487 e. The van der Waals surface area contributed by atoms with E-state index in [1.165, 1.54) is 12.5 Å². The molecule has 2 nitrogen and oxygen atoms in total. The third kappa shape index (κ3) is 3.45. The van der Waals surface area contributed by atoms with E-state index in [2.05, 4.69) is 12.2 Å². The summed E-state index contributed by atoms with van der Waals surface area (Å²) in [5.41, 5.74) is 1.03. The molecule has 0 aliphatic heterocycles. The number of benzene rings is 1. The highest BCUT2D eigenvalue weighted by Gasteiger charge is 2.23. The van der Waals surface area contributed by atoms with E-state index in [0.29, 0.717) is 11.8 Å². The Balaban J connectivity index is 1.98. The molecular weight excluding hydrogens is 229 g/mol. The second-order valence-corrected chi connectivity index (χ2v) is 5.09. The Morgan fingerprint density at radius 3 is 3.00 bits per heavy atom. The minimum atomic E-state index is -0.258. The minimum absolute atomic E-state index is 0.138. The summed E-state index contributed by atoms with van der Waals surface area (Å²) in [5.74, 6) is 0.142. The molecule has 0 saturated heterocycles. The van der Waals surface area contributed by atoms with Crippen LogP contribution >= 0.6 is 0 Å². The van der Waals surface area contributed by atoms with E-state index in [0.717, 1.165) is 31.4 Å². The van der Waals surface area contributed by atoms with Gasteiger partial charge in [-0.25, -0.2) is 4.39 Å². The van der Waals surface area contributed by atoms with E-state index in [9.17, 15) is 4.39 Å². The summed E-state index contributed by atoms with van der Waals surface area (Å²) < 4.78 is 19.5. The van der Waals surface area contributed by atoms with Crippen molar-refractivity contribution in [1.82, 2.24) is 5.32 Å². The average Bonchev–Trinajstić information content (AvgIpc) is 2.35. The first-order valence-electron chi connectivity index (χ1n) is 6.85. The zero-order chi connectivity index (χ0) is 13.0. The van der Waals surface area contributed by atoms with Crippen LogP contribution in [0.5, 0.6) is 5.75 Å². The van der Waals surface area contributed by atoms with Crippen LogP contribution in [0.15, 0.2) is 18.2 Å². The number of nitrogens with one attached hydrogen (secondary N) is 1. The summed E-state index contributed by atoms with van der Waals surface area (Å²) in [7, 11) is 0. The molecule has 3 heteroatoms. The predicted molar refractivity (Wildman–Crippen MR) is 71.5 cm³/mol. The van der Waals surface area contributed by atoms with Crippen molar-refractivity contribution in [3.8, 4) is 5.75 Å². The molecule has 1 fully saturated rings. The van der Waals surface area contributed by atoms with Crippen molar-refractivity contribution in [2.24, 2.45) is 0 Å². The summed E-state index contributed by atoms with van der Waals surface area (Å²) >= 11 is 0. The lowest BCUT2D eigenvalue weighted by molar-refractivity contribution is 0.130. The normalized spacial score (nSPS) is 23.9. The van der Waals surface area contributed by atoms with Gasteiger partial charge in [0.05, 0.1) is 0 Å². The van der Waals surface area contributed by atoms with Crippen LogP contribution in [0.4, 0.5) is 4.39 Å². The fourth-order valence-corrected chi connectivity index (χ4v) is 2.61. The predicted octanol–water partition coefficient (Wildman–Crippen LogP) is 3.43. The maximum atomic E-state index is 13.6. The molecule has 1 saturated carbocycles. The Bertz CT molecular complexity index is 392. The van der Waals surface area contributed by atoms with Gasteiger partial charge in [0.1, 0.15) is 6.10 Å². The lowest BCUT2D eigenvalue weighted by atomic mass is 9.93. The third-order valence-electron chi connectivity index (χ3n) is 3.50. The molecule has 2 unspecified atom stereocenters. The standard InChI is InChI=1S/C15H22FNO/c1-3-17-12-5-4-6-13(10-12)18-15-9-11(2)7-8-14(15)16/h7-9,12-13,17H,3-6,10H2,1-2H3. The SMILES string of the molecule is CCNC1CCCC(Oc2cc(C)ccc2F)C1. The Hall–Kier alpha value is -1.09. The lowest BCUT2D eigenvalue weighted by Gasteiger charge is -2.30. The first-order chi connectivity index (χ1) is 8.69. The summed E-state index contributed by atoms with van der Waals surface area (Å²) in [6.07, 6.45) is 4.48. The van der Waals surface area contributed by atoms with Gasteiger partial charge in [0, 0.05) is 6.04 Å². The zero-order valence-corrected chi connectivity index (χ0v) is 11.2. The largest absolute Gasteiger partial charge is 0.487 e. The Morgan fingerprint density at radius 1 is 1.39 bits per heavy atom. The second-order valence-electron chi connectivity index (χ2n) is 5.09. The maximum absolute atomic E-state index is 13.6. The van der Waals surface area contributed by atoms with Gasteiger partial charge in [-0.05, 0) is 56.8 Å². The van der Waals surface area contributed by atoms with Gasteiger partial charge < -0.3 is 10.1 Å². The fraction of sp³-hybridized carbons (Fsp3) is 0.600. The lowest BCUT2D eigenvalue weighted by Crippen LogP contribution is -2.38. The van der Waals surface area contributed by atoms with Crippen molar-refractivity contribution in [1.29, 1.82) is 0 Å². The number of aryl methyl sites for hydroxylation is 1. The van der Waals surface area contributed by atoms with Gasteiger partial charge in [-0.2, -0.15) is 0 Å². The van der Waals surface area contributed by atoms with Crippen LogP contribution < -0.4 is 10.1 Å². The molecule has 0 spiro atoms. The monoisotopic (exact) mass is 251 g/mol. The molecule has 1 aromatic rings. The van der Waals surface area contributed by atoms with E-state index in [1.54, 1.807) is 12.1 Å². The van der Waals surface area contributed by atoms with E-state index in [1.807, 2.05) is 6.92 Å². The van der Waals surface area contributed by atoms with Crippen LogP contribution in [0.2, 0.25) is 0 Å². The van der Waals surface area contributed by atoms with Gasteiger partial charge in [-0.15, -0.1) is 0 Å². The highest BCUT2D eigenvalue weighted by atomic mass is 19.1. The average molecular weight is 251 g/mol. The molecule has 2 rings (SSSR count). The van der Waals surface area contributed by atoms with Crippen LogP contribution in [-0.4, -0.2) is 18.7 Å². The number of halogens is 1. The van der Waals surface area contributed by atoms with Crippen molar-refractivity contribution >= 4 is 0 Å². The van der Waals surface area contributed by atoms with Gasteiger partial charge >= 0.3 is 0 Å². The Labute approximate surface area is 109 Å². The van der Waals surface area contributed by atoms with Crippen LogP contribution in [0, 0.1) is 12.7 Å². The van der Waals surface area contributed by atoms with Crippen LogP contribution in [0.1, 0.15) is 38.2 Å². The topological polar surface area (TPSA) is 21.3 Å². The summed E-state index contributed by atoms with van der Waals surface area (Å²) in [6.45, 7) is 5.05. The van der Waals surface area contributed by atoms with Crippen LogP contribution in [-0.2, 0) is 0 Å². The quantitative estimate of drug-likeness (QED) is 0.885. The molecule has 1 aliphatic carbocycles. The Kier molecular flexibility index (Phi) is 4.59. The summed E-state index contributed by atoms with van der Waals surface area (Å²) in [5, 5.41) is 3.45. The van der Waals surface area contributed by atoms with Crippen molar-refractivity contribution in [2.45, 2.75) is 51.7 Å². The number of hydrogen-bond donors (Lipinski definition) is 1. The van der Waals surface area contributed by atoms with E-state index >= 15 is 0 Å². The molecular formula is C15H22FNO. The molecule has 0 heterocycles. The molecule has 2 atom stereocenters. The van der Waals surface area contributed by atoms with Crippen molar-refractivity contribution in [2.75, 3.05) is 6.54 Å². The highest BCUT2D eigenvalue weighted by Crippen LogP contribution is 2.26. The van der Waals surface area contributed by atoms with E-state index in [4.69, 9.17) is 4.74 Å². The van der Waals surface area contributed by atoms with Crippen LogP contribution in [0.3, 0.4) is 0 Å². The number of hydrogen-bond acceptors (Lipinski definition) is 2. The van der Waals surface area contributed by atoms with Gasteiger partial charge in [-0.1, -0.05) is 13.0 Å². The van der Waals surface area contributed by atoms with Crippen molar-refractivity contribution < 1.29 is 9.13 Å². The molecule has 1 aliphatic rings. The molecule has 0 amide bonds. The molecule has 0 radical (unpaired) electrons. The smallest absolute Gasteiger partial charge is 0.165 e. The van der Waals surface area contributed by atoms with Gasteiger partial charge in [0.25, 0.3) is 0 Å². The van der Waals surface area contributed by atoms with Crippen LogP contribution in [0.25, 0.3) is 0 Å². The maximum Gasteiger partial charge on any atom is 0.165 e. The molecule has 18 heavy (non-hydrogen) atoms. The molecule has 100 valence electrons.